The summed E-state index contributed by atoms with van der Waals surface area (Å²) in [6.07, 6.45) is 61.3. The maximum atomic E-state index is 12.8. The highest BCUT2D eigenvalue weighted by molar-refractivity contribution is 5.71. The summed E-state index contributed by atoms with van der Waals surface area (Å²) in [6, 6.07) is 0. The molecule has 0 bridgehead atoms. The maximum Gasteiger partial charge on any atom is 0.306 e. The fraction of sp³-hybridized carbons (Fsp3) is 0.685. The number of rotatable bonds is 43. The van der Waals surface area contributed by atoms with E-state index in [1.807, 2.05) is 0 Å². The van der Waals surface area contributed by atoms with Crippen LogP contribution in [0.4, 0.5) is 0 Å². The summed E-state index contributed by atoms with van der Waals surface area (Å²) < 4.78 is 16.7. The molecule has 0 aliphatic heterocycles. The van der Waals surface area contributed by atoms with Crippen LogP contribution in [0.2, 0.25) is 0 Å². The normalized spacial score (nSPS) is 12.8. The van der Waals surface area contributed by atoms with Crippen molar-refractivity contribution in [2.45, 2.75) is 226 Å². The van der Waals surface area contributed by atoms with Crippen molar-refractivity contribution >= 4 is 17.9 Å². The van der Waals surface area contributed by atoms with Gasteiger partial charge in [-0.15, -0.1) is 0 Å². The number of unbranched alkanes of at least 4 members (excludes halogenated alkanes) is 20. The molecule has 0 saturated carbocycles. The Bertz CT molecular complexity index is 1190. The minimum atomic E-state index is -0.797. The van der Waals surface area contributed by atoms with Crippen molar-refractivity contribution in [3.05, 3.63) is 85.1 Å². The second-order valence-corrected chi connectivity index (χ2v) is 16.0. The summed E-state index contributed by atoms with van der Waals surface area (Å²) in [5.41, 5.74) is 0. The number of hydrogen-bond acceptors (Lipinski definition) is 6. The van der Waals surface area contributed by atoms with Crippen molar-refractivity contribution in [1.82, 2.24) is 0 Å². The number of ether oxygens (including phenoxy) is 3. The topological polar surface area (TPSA) is 78.9 Å². The van der Waals surface area contributed by atoms with E-state index in [4.69, 9.17) is 14.2 Å². The Balaban J connectivity index is 4.46. The third-order valence-electron chi connectivity index (χ3n) is 10.2. The van der Waals surface area contributed by atoms with Crippen molar-refractivity contribution < 1.29 is 28.6 Å². The van der Waals surface area contributed by atoms with Gasteiger partial charge < -0.3 is 14.2 Å². The molecule has 0 aliphatic carbocycles. The second-order valence-electron chi connectivity index (χ2n) is 16.0. The van der Waals surface area contributed by atoms with Gasteiger partial charge in [-0.3, -0.25) is 14.4 Å². The third kappa shape index (κ3) is 45.7. The van der Waals surface area contributed by atoms with E-state index in [1.54, 1.807) is 0 Å². The number of allylic oxidation sites excluding steroid dienone is 14. The fourth-order valence-corrected chi connectivity index (χ4v) is 6.51. The molecule has 0 fully saturated rings. The molecule has 0 saturated heterocycles. The molecule has 0 aromatic heterocycles. The van der Waals surface area contributed by atoms with Gasteiger partial charge in [0.05, 0.1) is 0 Å². The van der Waals surface area contributed by atoms with Crippen molar-refractivity contribution in [3.63, 3.8) is 0 Å². The van der Waals surface area contributed by atoms with E-state index in [1.165, 1.54) is 64.2 Å². The summed E-state index contributed by atoms with van der Waals surface area (Å²) in [6.45, 7) is 6.33. The van der Waals surface area contributed by atoms with Gasteiger partial charge in [0.2, 0.25) is 0 Å². The summed E-state index contributed by atoms with van der Waals surface area (Å²) >= 11 is 0. The van der Waals surface area contributed by atoms with E-state index in [9.17, 15) is 14.4 Å². The van der Waals surface area contributed by atoms with Crippen LogP contribution in [0.1, 0.15) is 220 Å². The van der Waals surface area contributed by atoms with E-state index in [-0.39, 0.29) is 31.1 Å². The number of carbonyl (C=O) groups excluding carboxylic acids is 3. The van der Waals surface area contributed by atoms with Crippen LogP contribution in [0, 0.1) is 0 Å². The number of carbonyl (C=O) groups is 3. The van der Waals surface area contributed by atoms with Gasteiger partial charge in [-0.2, -0.15) is 0 Å². The van der Waals surface area contributed by atoms with Crippen LogP contribution in [-0.4, -0.2) is 37.2 Å². The van der Waals surface area contributed by atoms with E-state index >= 15 is 0 Å². The zero-order valence-electron chi connectivity index (χ0n) is 38.9. The van der Waals surface area contributed by atoms with Crippen LogP contribution in [0.5, 0.6) is 0 Å². The third-order valence-corrected chi connectivity index (χ3v) is 10.2. The van der Waals surface area contributed by atoms with Crippen LogP contribution in [-0.2, 0) is 28.6 Å². The Labute approximate surface area is 369 Å². The zero-order valence-corrected chi connectivity index (χ0v) is 38.9. The smallest absolute Gasteiger partial charge is 0.306 e. The average Bonchev–Trinajstić information content (AvgIpc) is 3.24. The lowest BCUT2D eigenvalue weighted by atomic mass is 10.1. The predicted molar refractivity (Wildman–Crippen MR) is 256 cm³/mol. The molecule has 0 amide bonds. The first kappa shape index (κ1) is 56.6. The molecule has 0 rings (SSSR count). The molecule has 0 aliphatic rings. The predicted octanol–water partition coefficient (Wildman–Crippen LogP) is 16.0. The summed E-state index contributed by atoms with van der Waals surface area (Å²) in [5, 5.41) is 0. The minimum Gasteiger partial charge on any atom is -0.462 e. The molecule has 0 radical (unpaired) electrons. The molecular formula is C54H90O6. The molecule has 0 aromatic carbocycles. The van der Waals surface area contributed by atoms with Crippen molar-refractivity contribution in [2.24, 2.45) is 0 Å². The first-order valence-corrected chi connectivity index (χ1v) is 24.6. The van der Waals surface area contributed by atoms with Crippen molar-refractivity contribution in [3.8, 4) is 0 Å². The van der Waals surface area contributed by atoms with Crippen LogP contribution < -0.4 is 0 Å². The van der Waals surface area contributed by atoms with Crippen LogP contribution in [0.25, 0.3) is 0 Å². The standard InChI is InChI=1S/C54H90O6/c1-4-7-10-13-16-19-22-25-27-30-32-35-38-41-44-47-53(56)59-50-51(49-58-52(55)46-43-40-37-34-31-28-24-21-18-15-12-9-6-3)60-54(57)48-45-42-39-36-33-29-26-23-20-17-14-11-8-5-2/h8-9,11-12,15,17-22,24,26,29,51H,4-7,10,13-14,16,23,25,27-28,30-50H2,1-3H3/b11-8+,12-9+,18-15+,20-17+,22-19+,24-21+,29-26+. The number of esters is 3. The van der Waals surface area contributed by atoms with Crippen LogP contribution >= 0.6 is 0 Å². The highest BCUT2D eigenvalue weighted by Gasteiger charge is 2.19. The van der Waals surface area contributed by atoms with E-state index in [0.717, 1.165) is 116 Å². The SMILES string of the molecule is CC/C=C/C=C/C=C/CCCCCCCC(=O)OCC(COC(=O)CCCCCCCCC/C=C/CCCCCC)OC(=O)CCCCCC/C=C/C/C=C/C/C=C/CC. The Morgan fingerprint density at radius 1 is 0.367 bits per heavy atom. The van der Waals surface area contributed by atoms with Gasteiger partial charge >= 0.3 is 17.9 Å². The lowest BCUT2D eigenvalue weighted by Gasteiger charge is -2.18. The Morgan fingerprint density at radius 2 is 0.733 bits per heavy atom. The van der Waals surface area contributed by atoms with Gasteiger partial charge in [0.15, 0.2) is 6.10 Å². The van der Waals surface area contributed by atoms with Crippen LogP contribution in [0.3, 0.4) is 0 Å². The number of hydrogen-bond donors (Lipinski definition) is 0. The summed E-state index contributed by atoms with van der Waals surface area (Å²) in [5.74, 6) is -0.947. The van der Waals surface area contributed by atoms with Gasteiger partial charge in [0.25, 0.3) is 0 Å². The quantitative estimate of drug-likeness (QED) is 0.0200. The lowest BCUT2D eigenvalue weighted by Crippen LogP contribution is -2.30. The Morgan fingerprint density at radius 3 is 1.22 bits per heavy atom. The molecule has 0 N–H and O–H groups in total. The maximum absolute atomic E-state index is 12.8. The van der Waals surface area contributed by atoms with Crippen LogP contribution in [0.15, 0.2) is 85.1 Å². The highest BCUT2D eigenvalue weighted by atomic mass is 16.6. The molecular weight excluding hydrogens is 745 g/mol. The monoisotopic (exact) mass is 835 g/mol. The first-order chi connectivity index (χ1) is 29.5. The van der Waals surface area contributed by atoms with Crippen molar-refractivity contribution in [2.75, 3.05) is 13.2 Å². The molecule has 0 heterocycles. The molecule has 6 heteroatoms. The Hall–Kier alpha value is -3.41. The zero-order chi connectivity index (χ0) is 43.7. The van der Waals surface area contributed by atoms with Gasteiger partial charge in [0.1, 0.15) is 13.2 Å². The lowest BCUT2D eigenvalue weighted by molar-refractivity contribution is -0.167. The largest absolute Gasteiger partial charge is 0.462 e. The van der Waals surface area contributed by atoms with Gasteiger partial charge in [-0.1, -0.05) is 189 Å². The first-order valence-electron chi connectivity index (χ1n) is 24.6. The average molecular weight is 835 g/mol. The van der Waals surface area contributed by atoms with E-state index in [2.05, 4.69) is 106 Å². The van der Waals surface area contributed by atoms with Gasteiger partial charge in [0, 0.05) is 19.3 Å². The molecule has 1 atom stereocenters. The van der Waals surface area contributed by atoms with E-state index < -0.39 is 6.10 Å². The summed E-state index contributed by atoms with van der Waals surface area (Å²) in [4.78, 5) is 37.9. The molecule has 6 nitrogen and oxygen atoms in total. The second kappa shape index (κ2) is 48.3. The molecule has 0 spiro atoms. The highest BCUT2D eigenvalue weighted by Crippen LogP contribution is 2.13. The molecule has 60 heavy (non-hydrogen) atoms. The van der Waals surface area contributed by atoms with Crippen molar-refractivity contribution in [1.29, 1.82) is 0 Å². The molecule has 0 aromatic rings. The van der Waals surface area contributed by atoms with E-state index in [0.29, 0.717) is 19.3 Å². The summed E-state index contributed by atoms with van der Waals surface area (Å²) in [7, 11) is 0. The Kier molecular flexibility index (Phi) is 45.5. The molecule has 1 unspecified atom stereocenters. The fourth-order valence-electron chi connectivity index (χ4n) is 6.51. The van der Waals surface area contributed by atoms with Gasteiger partial charge in [-0.25, -0.2) is 0 Å². The van der Waals surface area contributed by atoms with Gasteiger partial charge in [-0.05, 0) is 96.3 Å². The molecule has 342 valence electrons. The minimum absolute atomic E-state index is 0.0956.